The lowest BCUT2D eigenvalue weighted by atomic mass is 10.1. The lowest BCUT2D eigenvalue weighted by Crippen LogP contribution is -2.38. The third-order valence-corrected chi connectivity index (χ3v) is 6.25. The average molecular weight is 552 g/mol. The summed E-state index contributed by atoms with van der Waals surface area (Å²) in [6, 6.07) is 7.46. The van der Waals surface area contributed by atoms with E-state index in [-0.39, 0.29) is 35.8 Å². The zero-order valence-electron chi connectivity index (χ0n) is 17.5. The molecule has 0 bridgehead atoms. The van der Waals surface area contributed by atoms with Gasteiger partial charge in [0.15, 0.2) is 5.96 Å². The molecule has 0 saturated carbocycles. The van der Waals surface area contributed by atoms with Crippen LogP contribution in [0.15, 0.2) is 34.6 Å². The molecule has 1 heterocycles. The number of benzene rings is 1. The maximum absolute atomic E-state index is 12.0. The van der Waals surface area contributed by atoms with Crippen molar-refractivity contribution in [3.05, 3.63) is 51.5 Å². The van der Waals surface area contributed by atoms with Gasteiger partial charge in [-0.05, 0) is 31.9 Å². The number of thiazole rings is 1. The smallest absolute Gasteiger partial charge is 0.216 e. The van der Waals surface area contributed by atoms with Gasteiger partial charge in [-0.1, -0.05) is 24.3 Å². The number of aryl methyl sites for hydroxylation is 1. The summed E-state index contributed by atoms with van der Waals surface area (Å²) < 4.78 is 26.7. The normalized spacial score (nSPS) is 12.0. The quantitative estimate of drug-likeness (QED) is 0.299. The Hall–Kier alpha value is -1.24. The predicted molar refractivity (Wildman–Crippen MR) is 131 cm³/mol. The first-order chi connectivity index (χ1) is 13.2. The maximum Gasteiger partial charge on any atom is 0.216 e. The van der Waals surface area contributed by atoms with Crippen molar-refractivity contribution in [1.82, 2.24) is 19.9 Å². The van der Waals surface area contributed by atoms with Gasteiger partial charge in [0.1, 0.15) is 0 Å². The van der Waals surface area contributed by atoms with Crippen molar-refractivity contribution in [2.75, 3.05) is 14.1 Å². The Kier molecular flexibility index (Phi) is 10.5. The van der Waals surface area contributed by atoms with E-state index in [9.17, 15) is 8.42 Å². The topological polar surface area (TPSA) is 86.7 Å². The van der Waals surface area contributed by atoms with Crippen LogP contribution >= 0.6 is 35.3 Å². The number of hydrogen-bond donors (Lipinski definition) is 2. The van der Waals surface area contributed by atoms with Gasteiger partial charge in [-0.3, -0.25) is 4.99 Å². The summed E-state index contributed by atoms with van der Waals surface area (Å²) in [6.07, 6.45) is 0. The fourth-order valence-electron chi connectivity index (χ4n) is 2.74. The van der Waals surface area contributed by atoms with E-state index >= 15 is 0 Å². The van der Waals surface area contributed by atoms with E-state index in [2.05, 4.69) is 25.4 Å². The second kappa shape index (κ2) is 11.8. The van der Waals surface area contributed by atoms with Crippen molar-refractivity contribution >= 4 is 51.3 Å². The molecule has 0 fully saturated rings. The Bertz CT molecular complexity index is 896. The Balaban J connectivity index is 0.00000420. The predicted octanol–water partition coefficient (Wildman–Crippen LogP) is 3.10. The monoisotopic (exact) mass is 551 g/mol. The number of hydrogen-bond acceptors (Lipinski definition) is 5. The number of rotatable bonds is 8. The minimum Gasteiger partial charge on any atom is -0.352 e. The Labute approximate surface area is 195 Å². The van der Waals surface area contributed by atoms with Crippen molar-refractivity contribution in [3.63, 3.8) is 0 Å². The van der Waals surface area contributed by atoms with E-state index in [4.69, 9.17) is 0 Å². The number of halogens is 1. The van der Waals surface area contributed by atoms with Crippen molar-refractivity contribution in [3.8, 4) is 0 Å². The van der Waals surface area contributed by atoms with Gasteiger partial charge < -0.3 is 10.2 Å². The van der Waals surface area contributed by atoms with E-state index in [1.165, 1.54) is 0 Å². The molecule has 2 rings (SSSR count). The van der Waals surface area contributed by atoms with Crippen molar-refractivity contribution in [2.45, 2.75) is 45.7 Å². The third-order valence-electron chi connectivity index (χ3n) is 3.88. The van der Waals surface area contributed by atoms with Gasteiger partial charge in [-0.2, -0.15) is 0 Å². The van der Waals surface area contributed by atoms with Crippen LogP contribution in [0.5, 0.6) is 0 Å². The fourth-order valence-corrected chi connectivity index (χ4v) is 4.77. The van der Waals surface area contributed by atoms with Gasteiger partial charge in [0.2, 0.25) is 10.0 Å². The standard InChI is InChI=1S/C19H29N5O2S2.HI/c1-14(2)23-28(25,26)13-17-8-6-16(7-9-17)10-21-19(20-4)24(5)11-18-12-27-15(3)22-18;/h6-9,12,14,23H,10-11,13H2,1-5H3,(H,20,21);1H. The van der Waals surface area contributed by atoms with Crippen LogP contribution in [-0.2, 0) is 28.9 Å². The zero-order valence-corrected chi connectivity index (χ0v) is 21.4. The second-order valence-corrected chi connectivity index (χ2v) is 9.78. The van der Waals surface area contributed by atoms with Gasteiger partial charge in [0.25, 0.3) is 0 Å². The Morgan fingerprint density at radius 2 is 1.86 bits per heavy atom. The highest BCUT2D eigenvalue weighted by Gasteiger charge is 2.13. The largest absolute Gasteiger partial charge is 0.352 e. The SMILES string of the molecule is CN=C(NCc1ccc(CS(=O)(=O)NC(C)C)cc1)N(C)Cc1csc(C)n1.I. The molecule has 0 aliphatic carbocycles. The van der Waals surface area contributed by atoms with Crippen LogP contribution < -0.4 is 10.0 Å². The van der Waals surface area contributed by atoms with Crippen LogP contribution in [0.2, 0.25) is 0 Å². The van der Waals surface area contributed by atoms with Crippen LogP contribution in [0.1, 0.15) is 35.7 Å². The van der Waals surface area contributed by atoms with Gasteiger partial charge in [0.05, 0.1) is 23.0 Å². The molecule has 0 radical (unpaired) electrons. The highest BCUT2D eigenvalue weighted by molar-refractivity contribution is 14.0. The van der Waals surface area contributed by atoms with Gasteiger partial charge in [0, 0.05) is 32.1 Å². The van der Waals surface area contributed by atoms with E-state index in [0.717, 1.165) is 27.8 Å². The number of sulfonamides is 1. The van der Waals surface area contributed by atoms with Crippen LogP contribution in [0, 0.1) is 6.92 Å². The summed E-state index contributed by atoms with van der Waals surface area (Å²) in [6.45, 7) is 6.90. The number of nitrogens with one attached hydrogen (secondary N) is 2. The van der Waals surface area contributed by atoms with Crippen LogP contribution in [0.25, 0.3) is 0 Å². The molecule has 0 unspecified atom stereocenters. The molecule has 0 aliphatic heterocycles. The summed E-state index contributed by atoms with van der Waals surface area (Å²) in [7, 11) is 0.411. The summed E-state index contributed by atoms with van der Waals surface area (Å²) in [5, 5.41) is 6.44. The molecule has 2 N–H and O–H groups in total. The summed E-state index contributed by atoms with van der Waals surface area (Å²) >= 11 is 1.64. The number of aliphatic imine (C=N–C) groups is 1. The van der Waals surface area contributed by atoms with Crippen LogP contribution in [0.3, 0.4) is 0 Å². The van der Waals surface area contributed by atoms with E-state index in [1.807, 2.05) is 57.0 Å². The zero-order chi connectivity index (χ0) is 20.7. The fraction of sp³-hybridized carbons (Fsp3) is 0.474. The first kappa shape index (κ1) is 25.8. The number of nitrogens with zero attached hydrogens (tertiary/aromatic N) is 3. The second-order valence-electron chi connectivity index (χ2n) is 6.96. The molecule has 10 heteroatoms. The van der Waals surface area contributed by atoms with Gasteiger partial charge in [-0.25, -0.2) is 18.1 Å². The van der Waals surface area contributed by atoms with Gasteiger partial charge in [-0.15, -0.1) is 35.3 Å². The van der Waals surface area contributed by atoms with Crippen molar-refractivity contribution in [1.29, 1.82) is 0 Å². The highest BCUT2D eigenvalue weighted by Crippen LogP contribution is 2.11. The van der Waals surface area contributed by atoms with Crippen LogP contribution in [-0.4, -0.2) is 44.4 Å². The molecular weight excluding hydrogens is 521 g/mol. The van der Waals surface area contributed by atoms with Gasteiger partial charge >= 0.3 is 0 Å². The molecule has 29 heavy (non-hydrogen) atoms. The number of guanidine groups is 1. The summed E-state index contributed by atoms with van der Waals surface area (Å²) in [5.74, 6) is 0.759. The molecule has 7 nitrogen and oxygen atoms in total. The molecule has 0 atom stereocenters. The third kappa shape index (κ3) is 8.97. The van der Waals surface area contributed by atoms with Crippen molar-refractivity contribution < 1.29 is 8.42 Å². The molecule has 0 aliphatic rings. The molecular formula is C19H30IN5O2S2. The molecule has 0 amide bonds. The molecule has 162 valence electrons. The minimum absolute atomic E-state index is 0. The molecule has 1 aromatic heterocycles. The van der Waals surface area contributed by atoms with Crippen LogP contribution in [0.4, 0.5) is 0 Å². The maximum atomic E-state index is 12.0. The highest BCUT2D eigenvalue weighted by atomic mass is 127. The lowest BCUT2D eigenvalue weighted by Gasteiger charge is -2.21. The molecule has 2 aromatic rings. The Morgan fingerprint density at radius 1 is 1.24 bits per heavy atom. The summed E-state index contributed by atoms with van der Waals surface area (Å²) in [5.41, 5.74) is 2.84. The van der Waals surface area contributed by atoms with E-state index < -0.39 is 10.0 Å². The minimum atomic E-state index is -3.31. The lowest BCUT2D eigenvalue weighted by molar-refractivity contribution is 0.470. The molecule has 0 spiro atoms. The van der Waals surface area contributed by atoms with E-state index in [1.54, 1.807) is 18.4 Å². The Morgan fingerprint density at radius 3 is 2.38 bits per heavy atom. The molecule has 0 saturated heterocycles. The first-order valence-electron chi connectivity index (χ1n) is 9.09. The summed E-state index contributed by atoms with van der Waals surface area (Å²) in [4.78, 5) is 10.8. The molecule has 1 aromatic carbocycles. The van der Waals surface area contributed by atoms with Crippen molar-refractivity contribution in [2.24, 2.45) is 4.99 Å². The van der Waals surface area contributed by atoms with E-state index in [0.29, 0.717) is 13.1 Å². The first-order valence-corrected chi connectivity index (χ1v) is 11.6. The average Bonchev–Trinajstić information content (AvgIpc) is 3.00. The number of aromatic nitrogens is 1.